The molecule has 2 heterocycles. The molecule has 1 aliphatic rings. The molecule has 1 atom stereocenters. The van der Waals surface area contributed by atoms with E-state index in [-0.39, 0.29) is 11.1 Å². The highest BCUT2D eigenvalue weighted by Crippen LogP contribution is 2.38. The van der Waals surface area contributed by atoms with Crippen molar-refractivity contribution in [3.05, 3.63) is 29.1 Å². The van der Waals surface area contributed by atoms with Crippen molar-refractivity contribution in [1.29, 1.82) is 0 Å². The second-order valence-electron chi connectivity index (χ2n) is 5.76. The SMILES string of the molecule is COc1cc(OC)cc(-c2cc(NC3CCCCO3)c(C(=O)O)s2)c1. The second-order valence-corrected chi connectivity index (χ2v) is 6.81. The first kappa shape index (κ1) is 17.6. The standard InChI is InChI=1S/C18H21NO5S/c1-22-12-7-11(8-13(9-12)23-2)15-10-14(17(25-15)18(20)21)19-16-5-3-4-6-24-16/h7-10,16,19H,3-6H2,1-2H3,(H,20,21). The number of carboxylic acid groups (broad SMARTS) is 1. The zero-order valence-electron chi connectivity index (χ0n) is 14.2. The first-order chi connectivity index (χ1) is 12.1. The van der Waals surface area contributed by atoms with Crippen LogP contribution < -0.4 is 14.8 Å². The predicted molar refractivity (Wildman–Crippen MR) is 97.0 cm³/mol. The normalized spacial score (nSPS) is 17.1. The van der Waals surface area contributed by atoms with E-state index in [0.717, 1.165) is 29.7 Å². The van der Waals surface area contributed by atoms with Gasteiger partial charge in [0.15, 0.2) is 0 Å². The van der Waals surface area contributed by atoms with Gasteiger partial charge in [0, 0.05) is 17.6 Å². The van der Waals surface area contributed by atoms with E-state index in [1.807, 2.05) is 18.2 Å². The minimum absolute atomic E-state index is 0.144. The van der Waals surface area contributed by atoms with E-state index in [1.165, 1.54) is 11.3 Å². The van der Waals surface area contributed by atoms with Crippen molar-refractivity contribution >= 4 is 23.0 Å². The van der Waals surface area contributed by atoms with E-state index in [0.29, 0.717) is 23.8 Å². The molecule has 3 rings (SSSR count). The van der Waals surface area contributed by atoms with Crippen LogP contribution in [0.25, 0.3) is 10.4 Å². The van der Waals surface area contributed by atoms with Gasteiger partial charge in [-0.25, -0.2) is 4.79 Å². The molecule has 2 N–H and O–H groups in total. The molecule has 25 heavy (non-hydrogen) atoms. The molecule has 0 spiro atoms. The molecule has 0 amide bonds. The zero-order chi connectivity index (χ0) is 17.8. The molecule has 0 radical (unpaired) electrons. The minimum atomic E-state index is -0.954. The van der Waals surface area contributed by atoms with Gasteiger partial charge >= 0.3 is 5.97 Å². The van der Waals surface area contributed by atoms with Crippen LogP contribution in [0.15, 0.2) is 24.3 Å². The summed E-state index contributed by atoms with van der Waals surface area (Å²) in [6, 6.07) is 7.35. The molecule has 6 nitrogen and oxygen atoms in total. The molecule has 1 aliphatic heterocycles. The van der Waals surface area contributed by atoms with Crippen LogP contribution in [0.2, 0.25) is 0 Å². The van der Waals surface area contributed by atoms with Gasteiger partial charge in [0.05, 0.1) is 19.9 Å². The lowest BCUT2D eigenvalue weighted by atomic mass is 10.1. The van der Waals surface area contributed by atoms with Crippen molar-refractivity contribution in [2.75, 3.05) is 26.1 Å². The summed E-state index contributed by atoms with van der Waals surface area (Å²) < 4.78 is 16.3. The van der Waals surface area contributed by atoms with E-state index in [4.69, 9.17) is 14.2 Å². The highest BCUT2D eigenvalue weighted by molar-refractivity contribution is 7.18. The average Bonchev–Trinajstić information content (AvgIpc) is 3.06. The fourth-order valence-corrected chi connectivity index (χ4v) is 3.72. The summed E-state index contributed by atoms with van der Waals surface area (Å²) in [5.41, 5.74) is 1.43. The Bertz CT molecular complexity index is 730. The van der Waals surface area contributed by atoms with Gasteiger partial charge in [-0.05, 0) is 43.0 Å². The topological polar surface area (TPSA) is 77.0 Å². The van der Waals surface area contributed by atoms with E-state index in [2.05, 4.69) is 5.32 Å². The third-order valence-electron chi connectivity index (χ3n) is 4.06. The first-order valence-corrected chi connectivity index (χ1v) is 8.91. The van der Waals surface area contributed by atoms with Crippen LogP contribution in [0.5, 0.6) is 11.5 Å². The Morgan fingerprint density at radius 3 is 2.48 bits per heavy atom. The van der Waals surface area contributed by atoms with E-state index in [9.17, 15) is 9.90 Å². The molecular weight excluding hydrogens is 342 g/mol. The van der Waals surface area contributed by atoms with E-state index < -0.39 is 5.97 Å². The summed E-state index contributed by atoms with van der Waals surface area (Å²) in [5.74, 6) is 0.360. The number of anilines is 1. The van der Waals surface area contributed by atoms with Crippen LogP contribution in [0, 0.1) is 0 Å². The van der Waals surface area contributed by atoms with Gasteiger partial charge in [-0.3, -0.25) is 0 Å². The first-order valence-electron chi connectivity index (χ1n) is 8.09. The third-order valence-corrected chi connectivity index (χ3v) is 5.23. The van der Waals surface area contributed by atoms with Crippen molar-refractivity contribution in [2.45, 2.75) is 25.5 Å². The maximum atomic E-state index is 11.6. The fourth-order valence-electron chi connectivity index (χ4n) is 2.78. The number of carboxylic acids is 1. The lowest BCUT2D eigenvalue weighted by Gasteiger charge is -2.24. The molecule has 2 aromatic rings. The quantitative estimate of drug-likeness (QED) is 0.806. The van der Waals surface area contributed by atoms with Crippen molar-refractivity contribution in [3.63, 3.8) is 0 Å². The Morgan fingerprint density at radius 2 is 1.92 bits per heavy atom. The molecule has 1 unspecified atom stereocenters. The average molecular weight is 363 g/mol. The zero-order valence-corrected chi connectivity index (χ0v) is 15.0. The van der Waals surface area contributed by atoms with Gasteiger partial charge in [-0.15, -0.1) is 11.3 Å². The number of hydrogen-bond donors (Lipinski definition) is 2. The van der Waals surface area contributed by atoms with Crippen LogP contribution in [0.4, 0.5) is 5.69 Å². The van der Waals surface area contributed by atoms with Gasteiger partial charge < -0.3 is 24.6 Å². The number of carbonyl (C=O) groups is 1. The highest BCUT2D eigenvalue weighted by Gasteiger charge is 2.21. The summed E-state index contributed by atoms with van der Waals surface area (Å²) in [5, 5.41) is 12.8. The summed E-state index contributed by atoms with van der Waals surface area (Å²) in [6.45, 7) is 0.699. The molecule has 1 fully saturated rings. The Kier molecular flexibility index (Phi) is 5.45. The number of thiophene rings is 1. The smallest absolute Gasteiger partial charge is 0.348 e. The Hall–Kier alpha value is -2.25. The maximum absolute atomic E-state index is 11.6. The summed E-state index contributed by atoms with van der Waals surface area (Å²) in [4.78, 5) is 12.7. The molecule has 0 aliphatic carbocycles. The van der Waals surface area contributed by atoms with Crippen LogP contribution >= 0.6 is 11.3 Å². The lowest BCUT2D eigenvalue weighted by Crippen LogP contribution is -2.27. The number of hydrogen-bond acceptors (Lipinski definition) is 6. The molecular formula is C18H21NO5S. The molecule has 134 valence electrons. The van der Waals surface area contributed by atoms with Gasteiger partial charge in [0.1, 0.15) is 22.6 Å². The number of ether oxygens (including phenoxy) is 3. The lowest BCUT2D eigenvalue weighted by molar-refractivity contribution is 0.0343. The van der Waals surface area contributed by atoms with Crippen molar-refractivity contribution in [3.8, 4) is 21.9 Å². The summed E-state index contributed by atoms with van der Waals surface area (Å²) in [7, 11) is 3.17. The van der Waals surface area contributed by atoms with Crippen LogP contribution in [0.1, 0.15) is 28.9 Å². The van der Waals surface area contributed by atoms with Gasteiger partial charge in [-0.1, -0.05) is 0 Å². The molecule has 7 heteroatoms. The molecule has 0 saturated carbocycles. The van der Waals surface area contributed by atoms with Crippen molar-refractivity contribution in [2.24, 2.45) is 0 Å². The molecule has 0 bridgehead atoms. The molecule has 1 aromatic heterocycles. The number of rotatable bonds is 6. The van der Waals surface area contributed by atoms with E-state index >= 15 is 0 Å². The van der Waals surface area contributed by atoms with Gasteiger partial charge in [0.25, 0.3) is 0 Å². The highest BCUT2D eigenvalue weighted by atomic mass is 32.1. The Morgan fingerprint density at radius 1 is 1.20 bits per heavy atom. The van der Waals surface area contributed by atoms with E-state index in [1.54, 1.807) is 20.3 Å². The monoisotopic (exact) mass is 363 g/mol. The number of methoxy groups -OCH3 is 2. The maximum Gasteiger partial charge on any atom is 0.348 e. The Balaban J connectivity index is 1.94. The van der Waals surface area contributed by atoms with Crippen LogP contribution in [-0.4, -0.2) is 38.1 Å². The van der Waals surface area contributed by atoms with Gasteiger partial charge in [-0.2, -0.15) is 0 Å². The van der Waals surface area contributed by atoms with Crippen molar-refractivity contribution < 1.29 is 24.1 Å². The second kappa shape index (κ2) is 7.76. The number of benzene rings is 1. The van der Waals surface area contributed by atoms with Crippen molar-refractivity contribution in [1.82, 2.24) is 0 Å². The minimum Gasteiger partial charge on any atom is -0.497 e. The summed E-state index contributed by atoms with van der Waals surface area (Å²) in [6.07, 6.45) is 2.85. The van der Waals surface area contributed by atoms with Gasteiger partial charge in [0.2, 0.25) is 0 Å². The van der Waals surface area contributed by atoms with Crippen LogP contribution in [0.3, 0.4) is 0 Å². The predicted octanol–water partition coefficient (Wildman–Crippen LogP) is 4.07. The molecule has 1 aromatic carbocycles. The number of nitrogens with one attached hydrogen (secondary N) is 1. The third kappa shape index (κ3) is 4.05. The molecule has 1 saturated heterocycles. The van der Waals surface area contributed by atoms with Crippen LogP contribution in [-0.2, 0) is 4.74 Å². The summed E-state index contributed by atoms with van der Waals surface area (Å²) >= 11 is 1.22. The fraction of sp³-hybridized carbons (Fsp3) is 0.389. The Labute approximate surface area is 150 Å². The largest absolute Gasteiger partial charge is 0.497 e. The number of aromatic carboxylic acids is 1.